The van der Waals surface area contributed by atoms with Gasteiger partial charge in [-0.05, 0) is 12.3 Å². The van der Waals surface area contributed by atoms with Crippen molar-refractivity contribution in [3.05, 3.63) is 24.3 Å². The first-order valence-electron chi connectivity index (χ1n) is 5.19. The van der Waals surface area contributed by atoms with Crippen LogP contribution in [0, 0.1) is 17.3 Å². The molecule has 4 heteroatoms. The third kappa shape index (κ3) is 1.29. The van der Waals surface area contributed by atoms with Gasteiger partial charge in [-0.1, -0.05) is 24.3 Å². The molecule has 0 aromatic heterocycles. The zero-order chi connectivity index (χ0) is 11.8. The second-order valence-corrected chi connectivity index (χ2v) is 4.10. The number of carbonyl (C=O) groups excluding carboxylic acids is 2. The molecule has 0 amide bonds. The van der Waals surface area contributed by atoms with Crippen molar-refractivity contribution in [2.75, 3.05) is 14.2 Å². The summed E-state index contributed by atoms with van der Waals surface area (Å²) in [4.78, 5) is 23.7. The van der Waals surface area contributed by atoms with Gasteiger partial charge in [0.15, 0.2) is 5.41 Å². The van der Waals surface area contributed by atoms with Gasteiger partial charge in [-0.15, -0.1) is 0 Å². The van der Waals surface area contributed by atoms with Gasteiger partial charge >= 0.3 is 11.9 Å². The second-order valence-electron chi connectivity index (χ2n) is 4.10. The molecule has 0 aromatic rings. The van der Waals surface area contributed by atoms with Crippen LogP contribution in [0.15, 0.2) is 24.3 Å². The Bertz CT molecular complexity index is 364. The lowest BCUT2D eigenvalue weighted by Gasteiger charge is -2.32. The summed E-state index contributed by atoms with van der Waals surface area (Å²) in [5.41, 5.74) is -1.28. The minimum atomic E-state index is -1.28. The fourth-order valence-corrected chi connectivity index (χ4v) is 2.47. The number of hydrogen-bond acceptors (Lipinski definition) is 4. The maximum atomic E-state index is 11.9. The van der Waals surface area contributed by atoms with Gasteiger partial charge < -0.3 is 9.47 Å². The highest BCUT2D eigenvalue weighted by atomic mass is 16.5. The molecule has 0 heterocycles. The van der Waals surface area contributed by atoms with E-state index in [0.717, 1.165) is 6.42 Å². The van der Waals surface area contributed by atoms with Crippen molar-refractivity contribution in [1.82, 2.24) is 0 Å². The summed E-state index contributed by atoms with van der Waals surface area (Å²) in [6.07, 6.45) is 8.17. The number of ether oxygens (including phenoxy) is 2. The number of methoxy groups -OCH3 is 2. The normalized spacial score (nSPS) is 28.9. The van der Waals surface area contributed by atoms with E-state index in [2.05, 4.69) is 0 Å². The molecular weight excluding hydrogens is 208 g/mol. The highest BCUT2D eigenvalue weighted by Crippen LogP contribution is 2.45. The van der Waals surface area contributed by atoms with E-state index in [1.807, 2.05) is 18.2 Å². The van der Waals surface area contributed by atoms with E-state index < -0.39 is 17.4 Å². The maximum absolute atomic E-state index is 11.9. The van der Waals surface area contributed by atoms with Crippen molar-refractivity contribution < 1.29 is 19.1 Å². The molecule has 0 aromatic carbocycles. The molecule has 4 nitrogen and oxygen atoms in total. The molecule has 0 N–H and O–H groups in total. The van der Waals surface area contributed by atoms with Crippen molar-refractivity contribution in [2.45, 2.75) is 6.42 Å². The quantitative estimate of drug-likeness (QED) is 0.398. The van der Waals surface area contributed by atoms with E-state index in [-0.39, 0.29) is 5.92 Å². The average Bonchev–Trinajstić information content (AvgIpc) is 2.72. The maximum Gasteiger partial charge on any atom is 0.327 e. The van der Waals surface area contributed by atoms with E-state index in [4.69, 9.17) is 9.47 Å². The van der Waals surface area contributed by atoms with Crippen LogP contribution < -0.4 is 0 Å². The first-order valence-corrected chi connectivity index (χ1v) is 5.19. The Labute approximate surface area is 93.9 Å². The molecule has 2 rings (SSSR count). The van der Waals surface area contributed by atoms with Crippen LogP contribution >= 0.6 is 0 Å². The van der Waals surface area contributed by atoms with Crippen molar-refractivity contribution in [3.63, 3.8) is 0 Å². The minimum absolute atomic E-state index is 0.151. The number of rotatable bonds is 2. The second kappa shape index (κ2) is 3.77. The SMILES string of the molecule is COC(=O)C1(C(=O)OC)C=CC2C=CC1C2. The summed E-state index contributed by atoms with van der Waals surface area (Å²) < 4.78 is 9.48. The summed E-state index contributed by atoms with van der Waals surface area (Å²) in [7, 11) is 2.57. The van der Waals surface area contributed by atoms with Crippen LogP contribution in [0.2, 0.25) is 0 Å². The molecule has 0 radical (unpaired) electrons. The molecule has 2 atom stereocenters. The van der Waals surface area contributed by atoms with Gasteiger partial charge in [0.1, 0.15) is 0 Å². The van der Waals surface area contributed by atoms with E-state index in [9.17, 15) is 9.59 Å². The molecule has 16 heavy (non-hydrogen) atoms. The zero-order valence-corrected chi connectivity index (χ0v) is 9.30. The van der Waals surface area contributed by atoms with Gasteiger partial charge in [0.05, 0.1) is 14.2 Å². The Morgan fingerprint density at radius 1 is 1.12 bits per heavy atom. The molecule has 0 saturated heterocycles. The van der Waals surface area contributed by atoms with Crippen molar-refractivity contribution in [2.24, 2.45) is 17.3 Å². The Morgan fingerprint density at radius 3 is 2.31 bits per heavy atom. The predicted molar refractivity (Wildman–Crippen MR) is 56.3 cm³/mol. The summed E-state index contributed by atoms with van der Waals surface area (Å²) in [5.74, 6) is -0.925. The fraction of sp³-hybridized carbons (Fsp3) is 0.500. The molecular formula is C12H14O4. The zero-order valence-electron chi connectivity index (χ0n) is 9.30. The molecule has 0 spiro atoms. The lowest BCUT2D eigenvalue weighted by molar-refractivity contribution is -0.168. The summed E-state index contributed by atoms with van der Waals surface area (Å²) in [6, 6.07) is 0. The smallest absolute Gasteiger partial charge is 0.327 e. The Balaban J connectivity index is 2.46. The van der Waals surface area contributed by atoms with Crippen molar-refractivity contribution in [3.8, 4) is 0 Å². The van der Waals surface area contributed by atoms with Crippen molar-refractivity contribution >= 4 is 11.9 Å². The Hall–Kier alpha value is -1.58. The predicted octanol–water partition coefficient (Wildman–Crippen LogP) is 1.08. The summed E-state index contributed by atoms with van der Waals surface area (Å²) >= 11 is 0. The molecule has 0 aliphatic heterocycles. The van der Waals surface area contributed by atoms with Gasteiger partial charge in [0.2, 0.25) is 0 Å². The van der Waals surface area contributed by atoms with E-state index >= 15 is 0 Å². The Morgan fingerprint density at radius 2 is 1.75 bits per heavy atom. The van der Waals surface area contributed by atoms with Gasteiger partial charge in [-0.3, -0.25) is 9.59 Å². The number of carbonyl (C=O) groups is 2. The molecule has 2 bridgehead atoms. The van der Waals surface area contributed by atoms with Crippen molar-refractivity contribution in [1.29, 1.82) is 0 Å². The molecule has 0 saturated carbocycles. The van der Waals surface area contributed by atoms with Crippen LogP contribution in [0.5, 0.6) is 0 Å². The van der Waals surface area contributed by atoms with Crippen LogP contribution in [-0.2, 0) is 19.1 Å². The highest BCUT2D eigenvalue weighted by Gasteiger charge is 2.54. The monoisotopic (exact) mass is 222 g/mol. The van der Waals surface area contributed by atoms with Gasteiger partial charge in [-0.2, -0.15) is 0 Å². The Kier molecular flexibility index (Phi) is 2.58. The molecule has 2 aliphatic rings. The van der Waals surface area contributed by atoms with Crippen LogP contribution in [0.25, 0.3) is 0 Å². The highest BCUT2D eigenvalue weighted by molar-refractivity contribution is 6.03. The van der Waals surface area contributed by atoms with Gasteiger partial charge in [0, 0.05) is 5.92 Å². The number of hydrogen-bond donors (Lipinski definition) is 0. The summed E-state index contributed by atoms with van der Waals surface area (Å²) in [6.45, 7) is 0. The molecule has 0 fully saturated rings. The van der Waals surface area contributed by atoms with Crippen LogP contribution in [0.1, 0.15) is 6.42 Å². The van der Waals surface area contributed by atoms with E-state index in [1.54, 1.807) is 6.08 Å². The van der Waals surface area contributed by atoms with E-state index in [1.165, 1.54) is 14.2 Å². The third-order valence-electron chi connectivity index (χ3n) is 3.35. The number of allylic oxidation sites excluding steroid dienone is 3. The fourth-order valence-electron chi connectivity index (χ4n) is 2.47. The van der Waals surface area contributed by atoms with Gasteiger partial charge in [-0.25, -0.2) is 0 Å². The lowest BCUT2D eigenvalue weighted by Crippen LogP contribution is -2.46. The van der Waals surface area contributed by atoms with Crippen LogP contribution in [0.3, 0.4) is 0 Å². The minimum Gasteiger partial charge on any atom is -0.468 e. The average molecular weight is 222 g/mol. The van der Waals surface area contributed by atoms with E-state index in [0.29, 0.717) is 5.92 Å². The summed E-state index contributed by atoms with van der Waals surface area (Å²) in [5, 5.41) is 0. The van der Waals surface area contributed by atoms with Crippen LogP contribution in [-0.4, -0.2) is 26.2 Å². The first kappa shape index (κ1) is 10.9. The lowest BCUT2D eigenvalue weighted by atomic mass is 9.70. The largest absolute Gasteiger partial charge is 0.468 e. The van der Waals surface area contributed by atoms with Gasteiger partial charge in [0.25, 0.3) is 0 Å². The molecule has 86 valence electrons. The standard InChI is InChI=1S/C12H14O4/c1-15-10(13)12(11(14)16-2)6-5-8-3-4-9(12)7-8/h3-6,8-9H,7H2,1-2H3. The number of esters is 2. The molecule has 2 aliphatic carbocycles. The molecule has 2 unspecified atom stereocenters. The third-order valence-corrected chi connectivity index (χ3v) is 3.35. The topological polar surface area (TPSA) is 52.6 Å². The van der Waals surface area contributed by atoms with Crippen LogP contribution in [0.4, 0.5) is 0 Å². The first-order chi connectivity index (χ1) is 7.65. The number of fused-ring (bicyclic) bond motifs is 2.